The van der Waals surface area contributed by atoms with Crippen molar-refractivity contribution in [2.45, 2.75) is 53.0 Å². The lowest BCUT2D eigenvalue weighted by Gasteiger charge is -2.14. The second-order valence-electron chi connectivity index (χ2n) is 8.94. The first-order valence-corrected chi connectivity index (χ1v) is 11.0. The van der Waals surface area contributed by atoms with E-state index in [4.69, 9.17) is 4.74 Å². The van der Waals surface area contributed by atoms with Gasteiger partial charge in [0.2, 0.25) is 5.78 Å². The summed E-state index contributed by atoms with van der Waals surface area (Å²) >= 11 is 0. The Morgan fingerprint density at radius 1 is 1.12 bits per heavy atom. The first-order valence-electron chi connectivity index (χ1n) is 11.0. The number of imide groups is 1. The predicted molar refractivity (Wildman–Crippen MR) is 121 cm³/mol. The monoisotopic (exact) mass is 438 g/mol. The zero-order chi connectivity index (χ0) is 23.4. The van der Waals surface area contributed by atoms with Crippen LogP contribution < -0.4 is 10.1 Å². The summed E-state index contributed by atoms with van der Waals surface area (Å²) in [6, 6.07) is 7.01. The van der Waals surface area contributed by atoms with Gasteiger partial charge < -0.3 is 10.1 Å². The zero-order valence-corrected chi connectivity index (χ0v) is 19.1. The average Bonchev–Trinajstić information content (AvgIpc) is 3.51. The molecule has 1 aliphatic heterocycles. The lowest BCUT2D eigenvalue weighted by Crippen LogP contribution is -2.43. The Labute approximate surface area is 188 Å². The van der Waals surface area contributed by atoms with Crippen LogP contribution >= 0.6 is 0 Å². The Morgan fingerprint density at radius 2 is 1.78 bits per heavy atom. The highest BCUT2D eigenvalue weighted by molar-refractivity contribution is 6.41. The molecule has 1 aromatic rings. The predicted octanol–water partition coefficient (Wildman–Crippen LogP) is 3.05. The summed E-state index contributed by atoms with van der Waals surface area (Å²) in [7, 11) is 0. The van der Waals surface area contributed by atoms with Crippen molar-refractivity contribution in [1.29, 1.82) is 0 Å². The van der Waals surface area contributed by atoms with Crippen LogP contribution in [0.2, 0.25) is 0 Å². The van der Waals surface area contributed by atoms with Crippen molar-refractivity contribution in [3.8, 4) is 5.75 Å². The van der Waals surface area contributed by atoms with Gasteiger partial charge in [0.05, 0.1) is 12.1 Å². The summed E-state index contributed by atoms with van der Waals surface area (Å²) in [5.74, 6) is -1.79. The average molecular weight is 439 g/mol. The smallest absolute Gasteiger partial charge is 0.289 e. The minimum Gasteiger partial charge on any atom is -0.490 e. The first-order chi connectivity index (χ1) is 15.2. The van der Waals surface area contributed by atoms with Crippen LogP contribution in [-0.2, 0) is 19.2 Å². The van der Waals surface area contributed by atoms with E-state index in [1.807, 2.05) is 33.8 Å². The number of Topliss-reactive ketones (excluding diaryl/α,β-unsaturated/α-hetero) is 1. The topological polar surface area (TPSA) is 92.8 Å². The van der Waals surface area contributed by atoms with Gasteiger partial charge in [-0.15, -0.1) is 0 Å². The van der Waals surface area contributed by atoms with Gasteiger partial charge >= 0.3 is 0 Å². The number of nitrogens with one attached hydrogen (secondary N) is 1. The number of rotatable bonds is 10. The molecule has 0 saturated heterocycles. The summed E-state index contributed by atoms with van der Waals surface area (Å²) < 4.78 is 5.67. The number of benzene rings is 1. The van der Waals surface area contributed by atoms with Crippen molar-refractivity contribution < 1.29 is 23.9 Å². The normalized spacial score (nSPS) is 16.0. The van der Waals surface area contributed by atoms with E-state index >= 15 is 0 Å². The number of amides is 3. The van der Waals surface area contributed by atoms with Crippen LogP contribution in [0.25, 0.3) is 5.57 Å². The molecular weight excluding hydrogens is 408 g/mol. The van der Waals surface area contributed by atoms with Crippen molar-refractivity contribution in [3.05, 3.63) is 47.1 Å². The van der Waals surface area contributed by atoms with E-state index in [1.54, 1.807) is 24.3 Å². The van der Waals surface area contributed by atoms with Crippen LogP contribution in [0.1, 0.15) is 52.5 Å². The largest absolute Gasteiger partial charge is 0.490 e. The molecule has 3 rings (SSSR count). The van der Waals surface area contributed by atoms with Gasteiger partial charge in [-0.25, -0.2) is 0 Å². The molecule has 1 saturated carbocycles. The van der Waals surface area contributed by atoms with E-state index in [2.05, 4.69) is 5.32 Å². The number of ether oxygens (including phenoxy) is 1. The van der Waals surface area contributed by atoms with Crippen molar-refractivity contribution >= 4 is 29.1 Å². The van der Waals surface area contributed by atoms with E-state index in [1.165, 1.54) is 0 Å². The molecule has 0 aromatic heterocycles. The van der Waals surface area contributed by atoms with Crippen LogP contribution in [0, 0.1) is 5.92 Å². The Hall–Kier alpha value is -3.22. The zero-order valence-electron chi connectivity index (χ0n) is 19.1. The fourth-order valence-corrected chi connectivity index (χ4v) is 3.40. The van der Waals surface area contributed by atoms with Crippen LogP contribution in [0.3, 0.4) is 0 Å². The van der Waals surface area contributed by atoms with Gasteiger partial charge in [-0.1, -0.05) is 31.6 Å². The van der Waals surface area contributed by atoms with Gasteiger partial charge in [0, 0.05) is 11.6 Å². The van der Waals surface area contributed by atoms with Gasteiger partial charge in [0.15, 0.2) is 0 Å². The van der Waals surface area contributed by atoms with E-state index in [0.717, 1.165) is 23.3 Å². The van der Waals surface area contributed by atoms with Gasteiger partial charge in [0.1, 0.15) is 12.4 Å². The van der Waals surface area contributed by atoms with Gasteiger partial charge in [-0.3, -0.25) is 24.1 Å². The van der Waals surface area contributed by atoms with E-state index in [0.29, 0.717) is 29.9 Å². The first kappa shape index (κ1) is 23.4. The number of hydrogen-bond donors (Lipinski definition) is 1. The molecular formula is C25H30N2O5. The Kier molecular flexibility index (Phi) is 7.28. The molecule has 0 spiro atoms. The minimum atomic E-state index is -0.785. The molecule has 0 bridgehead atoms. The molecule has 32 heavy (non-hydrogen) atoms. The SMILES string of the molecule is CC(C)=CCOc1ccc(C2=C(CC(C)C)C(=O)N(CC(=O)C(=O)NC3CC3)C2=O)cc1. The molecule has 0 radical (unpaired) electrons. The third kappa shape index (κ3) is 5.72. The fourth-order valence-electron chi connectivity index (χ4n) is 3.40. The van der Waals surface area contributed by atoms with Crippen molar-refractivity contribution in [3.63, 3.8) is 0 Å². The highest BCUT2D eigenvalue weighted by Gasteiger charge is 2.40. The molecule has 1 N–H and O–H groups in total. The highest BCUT2D eigenvalue weighted by atomic mass is 16.5. The van der Waals surface area contributed by atoms with Crippen molar-refractivity contribution in [1.82, 2.24) is 10.2 Å². The molecule has 1 aromatic carbocycles. The van der Waals surface area contributed by atoms with Crippen LogP contribution in [0.4, 0.5) is 0 Å². The van der Waals surface area contributed by atoms with E-state index in [-0.39, 0.29) is 17.5 Å². The maximum absolute atomic E-state index is 13.2. The molecule has 2 aliphatic rings. The van der Waals surface area contributed by atoms with Crippen LogP contribution in [0.5, 0.6) is 5.75 Å². The molecule has 0 unspecified atom stereocenters. The third-order valence-corrected chi connectivity index (χ3v) is 5.23. The molecule has 7 nitrogen and oxygen atoms in total. The standard InChI is InChI=1S/C25H30N2O5/c1-15(2)11-12-32-19-9-5-17(6-10-19)22-20(13-16(3)4)24(30)27(25(22)31)14-21(28)23(29)26-18-7-8-18/h5-6,9-11,16,18H,7-8,12-14H2,1-4H3,(H,26,29). The Bertz CT molecular complexity index is 980. The lowest BCUT2D eigenvalue weighted by molar-refractivity contribution is -0.144. The molecule has 1 fully saturated rings. The molecule has 7 heteroatoms. The van der Waals surface area contributed by atoms with Crippen LogP contribution in [0.15, 0.2) is 41.5 Å². The quantitative estimate of drug-likeness (QED) is 0.344. The van der Waals surface area contributed by atoms with Crippen molar-refractivity contribution in [2.75, 3.05) is 13.2 Å². The number of carbonyl (C=O) groups excluding carboxylic acids is 4. The van der Waals surface area contributed by atoms with Gasteiger partial charge in [-0.2, -0.15) is 0 Å². The summed E-state index contributed by atoms with van der Waals surface area (Å²) in [6.45, 7) is 7.79. The number of carbonyl (C=O) groups is 4. The Balaban J connectivity index is 1.79. The highest BCUT2D eigenvalue weighted by Crippen LogP contribution is 2.33. The number of ketones is 1. The molecule has 1 heterocycles. The van der Waals surface area contributed by atoms with E-state index < -0.39 is 30.0 Å². The lowest BCUT2D eigenvalue weighted by atomic mass is 9.95. The molecule has 170 valence electrons. The summed E-state index contributed by atoms with van der Waals surface area (Å²) in [5, 5.41) is 2.60. The summed E-state index contributed by atoms with van der Waals surface area (Å²) in [4.78, 5) is 51.4. The van der Waals surface area contributed by atoms with Crippen molar-refractivity contribution in [2.24, 2.45) is 5.92 Å². The second-order valence-corrected chi connectivity index (χ2v) is 8.94. The minimum absolute atomic E-state index is 0.0269. The maximum atomic E-state index is 13.2. The molecule has 3 amide bonds. The number of allylic oxidation sites excluding steroid dienone is 1. The maximum Gasteiger partial charge on any atom is 0.289 e. The summed E-state index contributed by atoms with van der Waals surface area (Å²) in [5.41, 5.74) is 2.40. The third-order valence-electron chi connectivity index (χ3n) is 5.23. The molecule has 0 atom stereocenters. The molecule has 1 aliphatic carbocycles. The fraction of sp³-hybridized carbons (Fsp3) is 0.440. The Morgan fingerprint density at radius 3 is 2.34 bits per heavy atom. The number of hydrogen-bond acceptors (Lipinski definition) is 5. The van der Waals surface area contributed by atoms with Gasteiger partial charge in [0.25, 0.3) is 17.7 Å². The van der Waals surface area contributed by atoms with Gasteiger partial charge in [-0.05, 0) is 62.8 Å². The summed E-state index contributed by atoms with van der Waals surface area (Å²) in [6.07, 6.45) is 4.06. The second kappa shape index (κ2) is 9.94. The van der Waals surface area contributed by atoms with E-state index in [9.17, 15) is 19.2 Å². The van der Waals surface area contributed by atoms with Crippen LogP contribution in [-0.4, -0.2) is 47.6 Å². The number of nitrogens with zero attached hydrogens (tertiary/aromatic N) is 1.